The van der Waals surface area contributed by atoms with E-state index in [0.717, 1.165) is 44.0 Å². The van der Waals surface area contributed by atoms with Gasteiger partial charge in [-0.3, -0.25) is 14.5 Å². The number of nitrogens with zero attached hydrogens (tertiary/aromatic N) is 3. The molecule has 32 heavy (non-hydrogen) atoms. The second kappa shape index (κ2) is 8.86. The third-order valence-corrected chi connectivity index (χ3v) is 6.67. The van der Waals surface area contributed by atoms with Gasteiger partial charge in [0.1, 0.15) is 5.76 Å². The first kappa shape index (κ1) is 20.9. The summed E-state index contributed by atoms with van der Waals surface area (Å²) in [7, 11) is 0. The fraction of sp³-hybridized carbons (Fsp3) is 0.500. The molecule has 8 nitrogen and oxygen atoms in total. The number of amides is 2. The lowest BCUT2D eigenvalue weighted by molar-refractivity contribution is -0.138. The SMILES string of the molecule is Cc1occc1C(=O)N1CCCC(C(=O)N2CCN(Cc3ccc4c(c3)OCO4)CC2)C1. The highest BCUT2D eigenvalue weighted by Gasteiger charge is 2.33. The molecule has 4 heterocycles. The number of carbonyl (C=O) groups is 2. The average Bonchev–Trinajstić information content (AvgIpc) is 3.47. The Morgan fingerprint density at radius 1 is 1.00 bits per heavy atom. The summed E-state index contributed by atoms with van der Waals surface area (Å²) in [5.41, 5.74) is 1.78. The van der Waals surface area contributed by atoms with E-state index in [2.05, 4.69) is 11.0 Å². The van der Waals surface area contributed by atoms with E-state index in [1.165, 1.54) is 11.8 Å². The van der Waals surface area contributed by atoms with Crippen molar-refractivity contribution in [2.45, 2.75) is 26.3 Å². The van der Waals surface area contributed by atoms with E-state index in [1.807, 2.05) is 17.0 Å². The molecule has 1 unspecified atom stereocenters. The van der Waals surface area contributed by atoms with Gasteiger partial charge in [0, 0.05) is 45.8 Å². The first-order chi connectivity index (χ1) is 15.6. The lowest BCUT2D eigenvalue weighted by Gasteiger charge is -2.39. The minimum absolute atomic E-state index is 0.0395. The second-order valence-electron chi connectivity index (χ2n) is 8.77. The quantitative estimate of drug-likeness (QED) is 0.729. The summed E-state index contributed by atoms with van der Waals surface area (Å²) in [5.74, 6) is 2.24. The van der Waals surface area contributed by atoms with E-state index >= 15 is 0 Å². The molecule has 2 amide bonds. The maximum atomic E-state index is 13.2. The van der Waals surface area contributed by atoms with Crippen LogP contribution in [0.5, 0.6) is 11.5 Å². The summed E-state index contributed by atoms with van der Waals surface area (Å²) in [4.78, 5) is 32.2. The highest BCUT2D eigenvalue weighted by atomic mass is 16.7. The molecule has 2 saturated heterocycles. The van der Waals surface area contributed by atoms with Crippen molar-refractivity contribution in [3.05, 3.63) is 47.4 Å². The Hall–Kier alpha value is -3.00. The van der Waals surface area contributed by atoms with Crippen LogP contribution in [-0.4, -0.2) is 72.6 Å². The van der Waals surface area contributed by atoms with Gasteiger partial charge in [-0.1, -0.05) is 6.07 Å². The second-order valence-corrected chi connectivity index (χ2v) is 8.77. The van der Waals surface area contributed by atoms with Crippen molar-refractivity contribution in [1.82, 2.24) is 14.7 Å². The normalized spacial score (nSPS) is 21.1. The molecule has 2 aromatic rings. The molecule has 170 valence electrons. The fourth-order valence-electron chi connectivity index (χ4n) is 4.82. The van der Waals surface area contributed by atoms with E-state index in [-0.39, 0.29) is 24.5 Å². The number of likely N-dealkylation sites (tertiary alicyclic amines) is 1. The first-order valence-corrected chi connectivity index (χ1v) is 11.3. The predicted octanol–water partition coefficient (Wildman–Crippen LogP) is 2.51. The molecule has 0 bridgehead atoms. The maximum absolute atomic E-state index is 13.2. The van der Waals surface area contributed by atoms with Gasteiger partial charge in [-0.05, 0) is 43.5 Å². The van der Waals surface area contributed by atoms with Crippen LogP contribution in [0.25, 0.3) is 0 Å². The standard InChI is InChI=1S/C24H29N3O5/c1-17-20(6-12-30-17)24(29)27-7-2-3-19(15-27)23(28)26-10-8-25(9-11-26)14-18-4-5-21-22(13-18)32-16-31-21/h4-6,12-13,19H,2-3,7-11,14-16H2,1H3. The van der Waals surface area contributed by atoms with Crippen molar-refractivity contribution in [3.63, 3.8) is 0 Å². The number of furan rings is 1. The van der Waals surface area contributed by atoms with E-state index in [0.29, 0.717) is 37.5 Å². The molecule has 3 aliphatic heterocycles. The van der Waals surface area contributed by atoms with E-state index in [1.54, 1.807) is 17.9 Å². The molecule has 5 rings (SSSR count). The number of rotatable bonds is 4. The summed E-state index contributed by atoms with van der Waals surface area (Å²) in [5, 5.41) is 0. The monoisotopic (exact) mass is 439 g/mol. The van der Waals surface area contributed by atoms with Crippen molar-refractivity contribution >= 4 is 11.8 Å². The molecular weight excluding hydrogens is 410 g/mol. The third-order valence-electron chi connectivity index (χ3n) is 6.67. The van der Waals surface area contributed by atoms with Crippen LogP contribution in [0.2, 0.25) is 0 Å². The molecule has 0 N–H and O–H groups in total. The number of piperidine rings is 1. The Morgan fingerprint density at radius 2 is 1.81 bits per heavy atom. The minimum atomic E-state index is -0.125. The number of piperazine rings is 1. The Morgan fingerprint density at radius 3 is 2.59 bits per heavy atom. The smallest absolute Gasteiger partial charge is 0.257 e. The zero-order valence-electron chi connectivity index (χ0n) is 18.4. The Balaban J connectivity index is 1.14. The van der Waals surface area contributed by atoms with Crippen LogP contribution in [0.4, 0.5) is 0 Å². The predicted molar refractivity (Wildman–Crippen MR) is 116 cm³/mol. The summed E-state index contributed by atoms with van der Waals surface area (Å²) in [6, 6.07) is 7.77. The fourth-order valence-corrected chi connectivity index (χ4v) is 4.82. The molecule has 1 aromatic heterocycles. The zero-order chi connectivity index (χ0) is 22.1. The molecule has 3 aliphatic rings. The summed E-state index contributed by atoms with van der Waals surface area (Å²) in [6.07, 6.45) is 3.23. The highest BCUT2D eigenvalue weighted by molar-refractivity contribution is 5.95. The number of hydrogen-bond acceptors (Lipinski definition) is 6. The van der Waals surface area contributed by atoms with Crippen molar-refractivity contribution in [2.24, 2.45) is 5.92 Å². The molecule has 0 saturated carbocycles. The minimum Gasteiger partial charge on any atom is -0.469 e. The molecule has 0 spiro atoms. The van der Waals surface area contributed by atoms with Gasteiger partial charge in [0.05, 0.1) is 17.7 Å². The number of fused-ring (bicyclic) bond motifs is 1. The Kier molecular flexibility index (Phi) is 5.78. The number of carbonyl (C=O) groups excluding carboxylic acids is 2. The first-order valence-electron chi connectivity index (χ1n) is 11.3. The Bertz CT molecular complexity index is 995. The van der Waals surface area contributed by atoms with E-state index in [4.69, 9.17) is 13.9 Å². The van der Waals surface area contributed by atoms with Crippen molar-refractivity contribution in [2.75, 3.05) is 46.1 Å². The van der Waals surface area contributed by atoms with Gasteiger partial charge in [-0.25, -0.2) is 0 Å². The van der Waals surface area contributed by atoms with Gasteiger partial charge < -0.3 is 23.7 Å². The van der Waals surface area contributed by atoms with Gasteiger partial charge in [0.2, 0.25) is 12.7 Å². The van der Waals surface area contributed by atoms with Gasteiger partial charge in [0.25, 0.3) is 5.91 Å². The topological polar surface area (TPSA) is 75.5 Å². The largest absolute Gasteiger partial charge is 0.469 e. The van der Waals surface area contributed by atoms with Gasteiger partial charge >= 0.3 is 0 Å². The van der Waals surface area contributed by atoms with Crippen molar-refractivity contribution in [3.8, 4) is 11.5 Å². The number of benzene rings is 1. The maximum Gasteiger partial charge on any atom is 0.257 e. The van der Waals surface area contributed by atoms with Crippen LogP contribution in [0, 0.1) is 12.8 Å². The molecule has 2 fully saturated rings. The molecular formula is C24H29N3O5. The number of aryl methyl sites for hydroxylation is 1. The van der Waals surface area contributed by atoms with Crippen molar-refractivity contribution < 1.29 is 23.5 Å². The molecule has 8 heteroatoms. The zero-order valence-corrected chi connectivity index (χ0v) is 18.4. The average molecular weight is 440 g/mol. The van der Waals surface area contributed by atoms with Crippen LogP contribution in [0.15, 0.2) is 34.9 Å². The molecule has 0 radical (unpaired) electrons. The molecule has 1 aromatic carbocycles. The van der Waals surface area contributed by atoms with Gasteiger partial charge in [-0.15, -0.1) is 0 Å². The lowest BCUT2D eigenvalue weighted by atomic mass is 9.95. The number of hydrogen-bond donors (Lipinski definition) is 0. The number of ether oxygens (including phenoxy) is 2. The van der Waals surface area contributed by atoms with E-state index < -0.39 is 0 Å². The van der Waals surface area contributed by atoms with Crippen LogP contribution in [0.3, 0.4) is 0 Å². The van der Waals surface area contributed by atoms with Crippen LogP contribution in [0.1, 0.15) is 34.5 Å². The Labute approximate surface area is 187 Å². The van der Waals surface area contributed by atoms with Gasteiger partial charge in [-0.2, -0.15) is 0 Å². The highest BCUT2D eigenvalue weighted by Crippen LogP contribution is 2.33. The van der Waals surface area contributed by atoms with Crippen LogP contribution < -0.4 is 9.47 Å². The van der Waals surface area contributed by atoms with Crippen LogP contribution in [-0.2, 0) is 11.3 Å². The summed E-state index contributed by atoms with van der Waals surface area (Å²) >= 11 is 0. The summed E-state index contributed by atoms with van der Waals surface area (Å²) < 4.78 is 16.1. The third kappa shape index (κ3) is 4.19. The van der Waals surface area contributed by atoms with Gasteiger partial charge in [0.15, 0.2) is 11.5 Å². The molecule has 1 atom stereocenters. The van der Waals surface area contributed by atoms with E-state index in [9.17, 15) is 9.59 Å². The summed E-state index contributed by atoms with van der Waals surface area (Å²) in [6.45, 7) is 7.19. The van der Waals surface area contributed by atoms with Crippen LogP contribution >= 0.6 is 0 Å². The molecule has 0 aliphatic carbocycles. The van der Waals surface area contributed by atoms with Crippen molar-refractivity contribution in [1.29, 1.82) is 0 Å². The lowest BCUT2D eigenvalue weighted by Crippen LogP contribution is -2.52.